The number of hydrazine groups is 1. The average Bonchev–Trinajstić information content (AvgIpc) is 3.15. The zero-order valence-electron chi connectivity index (χ0n) is 23.4. The second-order valence-electron chi connectivity index (χ2n) is 10.8. The van der Waals surface area contributed by atoms with Crippen LogP contribution in [0.1, 0.15) is 69.2 Å². The Labute approximate surface area is 236 Å². The van der Waals surface area contributed by atoms with Crippen molar-refractivity contribution in [2.24, 2.45) is 0 Å². The van der Waals surface area contributed by atoms with E-state index in [1.807, 2.05) is 13.8 Å². The zero-order chi connectivity index (χ0) is 29.8. The van der Waals surface area contributed by atoms with Crippen molar-refractivity contribution in [2.75, 3.05) is 18.5 Å². The quantitative estimate of drug-likeness (QED) is 0.415. The molecule has 0 bridgehead atoms. The van der Waals surface area contributed by atoms with Crippen molar-refractivity contribution in [3.8, 4) is 5.75 Å². The SMILES string of the molecule is CC(C)Nc1ncc(C(=O)NNC(=O)c2cc(F)c(OC[C@H]3COC(C)(C)N3C(=O)OC(C)(C)C)cc2Cl)cn1. The van der Waals surface area contributed by atoms with Gasteiger partial charge in [0.2, 0.25) is 5.95 Å². The van der Waals surface area contributed by atoms with Crippen LogP contribution in [0, 0.1) is 5.82 Å². The average molecular weight is 581 g/mol. The fourth-order valence-corrected chi connectivity index (χ4v) is 3.96. The van der Waals surface area contributed by atoms with Gasteiger partial charge in [0, 0.05) is 24.5 Å². The van der Waals surface area contributed by atoms with E-state index in [1.54, 1.807) is 34.6 Å². The number of ether oxygens (including phenoxy) is 3. The third kappa shape index (κ3) is 7.92. The number of aromatic nitrogens is 2. The molecule has 0 aliphatic carbocycles. The highest BCUT2D eigenvalue weighted by Gasteiger charge is 2.46. The van der Waals surface area contributed by atoms with E-state index >= 15 is 0 Å². The van der Waals surface area contributed by atoms with Crippen molar-refractivity contribution in [3.05, 3.63) is 46.5 Å². The Bertz CT molecular complexity index is 1250. The highest BCUT2D eigenvalue weighted by Crippen LogP contribution is 2.31. The summed E-state index contributed by atoms with van der Waals surface area (Å²) in [5.74, 6) is -2.29. The lowest BCUT2D eigenvalue weighted by Crippen LogP contribution is -2.51. The van der Waals surface area contributed by atoms with Crippen molar-refractivity contribution in [1.82, 2.24) is 25.7 Å². The van der Waals surface area contributed by atoms with E-state index in [2.05, 4.69) is 26.1 Å². The van der Waals surface area contributed by atoms with Crippen LogP contribution < -0.4 is 20.9 Å². The summed E-state index contributed by atoms with van der Waals surface area (Å²) in [4.78, 5) is 47.1. The molecule has 1 saturated heterocycles. The Morgan fingerprint density at radius 3 is 2.40 bits per heavy atom. The number of rotatable bonds is 7. The standard InChI is InChI=1S/C26H34ClFN6O6/c1-14(2)31-23-29-10-15(11-30-23)21(35)32-33-22(36)17-8-19(28)20(9-18(17)27)38-12-16-13-39-26(6,7)34(16)24(37)40-25(3,4)5/h8-11,14,16H,12-13H2,1-7H3,(H,32,35)(H,33,36)(H,29,30,31)/t16-/m0/s1. The topological polar surface area (TPSA) is 144 Å². The van der Waals surface area contributed by atoms with Crippen LogP contribution in [0.3, 0.4) is 0 Å². The van der Waals surface area contributed by atoms with Gasteiger partial charge in [0.1, 0.15) is 17.9 Å². The van der Waals surface area contributed by atoms with Gasteiger partial charge in [-0.25, -0.2) is 19.2 Å². The van der Waals surface area contributed by atoms with Crippen LogP contribution >= 0.6 is 11.6 Å². The normalized spacial score (nSPS) is 16.4. The highest BCUT2D eigenvalue weighted by molar-refractivity contribution is 6.34. The molecule has 0 saturated carbocycles. The van der Waals surface area contributed by atoms with Gasteiger partial charge in [0.15, 0.2) is 11.6 Å². The van der Waals surface area contributed by atoms with Gasteiger partial charge < -0.3 is 19.5 Å². The molecular weight excluding hydrogens is 547 g/mol. The van der Waals surface area contributed by atoms with Crippen molar-refractivity contribution in [1.29, 1.82) is 0 Å². The first-order chi connectivity index (χ1) is 18.6. The maximum atomic E-state index is 14.9. The summed E-state index contributed by atoms with van der Waals surface area (Å²) < 4.78 is 31.7. The van der Waals surface area contributed by atoms with Gasteiger partial charge in [-0.1, -0.05) is 11.6 Å². The zero-order valence-corrected chi connectivity index (χ0v) is 24.2. The molecule has 1 atom stereocenters. The van der Waals surface area contributed by atoms with Crippen LogP contribution in [-0.4, -0.2) is 69.4 Å². The van der Waals surface area contributed by atoms with Crippen LogP contribution in [0.15, 0.2) is 24.5 Å². The number of hydrogen-bond acceptors (Lipinski definition) is 9. The Kier molecular flexibility index (Phi) is 9.41. The van der Waals surface area contributed by atoms with Crippen LogP contribution in [0.4, 0.5) is 15.1 Å². The fourth-order valence-electron chi connectivity index (χ4n) is 3.72. The fraction of sp³-hybridized carbons (Fsp3) is 0.500. The largest absolute Gasteiger partial charge is 0.488 e. The molecule has 1 aliphatic rings. The molecule has 0 unspecified atom stereocenters. The van der Waals surface area contributed by atoms with Gasteiger partial charge >= 0.3 is 6.09 Å². The monoisotopic (exact) mass is 580 g/mol. The van der Waals surface area contributed by atoms with E-state index in [0.29, 0.717) is 5.95 Å². The van der Waals surface area contributed by atoms with Crippen LogP contribution in [0.5, 0.6) is 5.75 Å². The van der Waals surface area contributed by atoms with E-state index in [1.165, 1.54) is 17.3 Å². The van der Waals surface area contributed by atoms with E-state index in [0.717, 1.165) is 12.1 Å². The molecule has 0 spiro atoms. The van der Waals surface area contributed by atoms with E-state index < -0.39 is 41.1 Å². The number of benzene rings is 1. The first kappa shape index (κ1) is 30.8. The molecule has 1 aromatic heterocycles. The van der Waals surface area contributed by atoms with Crippen LogP contribution in [0.2, 0.25) is 5.02 Å². The lowest BCUT2D eigenvalue weighted by molar-refractivity contribution is -0.0637. The van der Waals surface area contributed by atoms with Crippen molar-refractivity contribution in [2.45, 2.75) is 71.9 Å². The molecule has 1 aromatic carbocycles. The van der Waals surface area contributed by atoms with Crippen LogP contribution in [-0.2, 0) is 9.47 Å². The summed E-state index contributed by atoms with van der Waals surface area (Å²) in [6.45, 7) is 12.5. The minimum Gasteiger partial charge on any atom is -0.488 e. The predicted molar refractivity (Wildman–Crippen MR) is 145 cm³/mol. The summed E-state index contributed by atoms with van der Waals surface area (Å²) in [7, 11) is 0. The Morgan fingerprint density at radius 1 is 1.18 bits per heavy atom. The van der Waals surface area contributed by atoms with Gasteiger partial charge in [0.25, 0.3) is 11.8 Å². The van der Waals surface area contributed by atoms with Crippen molar-refractivity contribution >= 4 is 35.5 Å². The molecular formula is C26H34ClFN6O6. The molecule has 14 heteroatoms. The van der Waals surface area contributed by atoms with E-state index in [9.17, 15) is 18.8 Å². The number of halogens is 2. The lowest BCUT2D eigenvalue weighted by atomic mass is 10.2. The molecule has 3 N–H and O–H groups in total. The molecule has 218 valence electrons. The number of amides is 3. The van der Waals surface area contributed by atoms with Gasteiger partial charge in [-0.2, -0.15) is 0 Å². The summed E-state index contributed by atoms with van der Waals surface area (Å²) in [6.07, 6.45) is 1.99. The maximum absolute atomic E-state index is 14.9. The number of nitrogens with one attached hydrogen (secondary N) is 3. The lowest BCUT2D eigenvalue weighted by Gasteiger charge is -2.35. The number of anilines is 1. The third-order valence-corrected chi connectivity index (χ3v) is 5.80. The number of carbonyl (C=O) groups excluding carboxylic acids is 3. The maximum Gasteiger partial charge on any atom is 0.413 e. The Morgan fingerprint density at radius 2 is 1.80 bits per heavy atom. The van der Waals surface area contributed by atoms with Gasteiger partial charge in [0.05, 0.1) is 28.8 Å². The molecule has 12 nitrogen and oxygen atoms in total. The molecule has 2 aromatic rings. The second-order valence-corrected chi connectivity index (χ2v) is 11.2. The molecule has 40 heavy (non-hydrogen) atoms. The van der Waals surface area contributed by atoms with Gasteiger partial charge in [-0.3, -0.25) is 25.3 Å². The smallest absolute Gasteiger partial charge is 0.413 e. The minimum atomic E-state index is -0.960. The summed E-state index contributed by atoms with van der Waals surface area (Å²) >= 11 is 6.22. The molecule has 1 fully saturated rings. The molecule has 0 radical (unpaired) electrons. The minimum absolute atomic E-state index is 0.0927. The second kappa shape index (κ2) is 12.2. The highest BCUT2D eigenvalue weighted by atomic mass is 35.5. The number of nitrogens with zero attached hydrogens (tertiary/aromatic N) is 3. The first-order valence-electron chi connectivity index (χ1n) is 12.5. The van der Waals surface area contributed by atoms with E-state index in [-0.39, 0.29) is 41.2 Å². The van der Waals surface area contributed by atoms with E-state index in [4.69, 9.17) is 25.8 Å². The molecule has 3 rings (SSSR count). The van der Waals surface area contributed by atoms with Crippen LogP contribution in [0.25, 0.3) is 0 Å². The Balaban J connectivity index is 1.62. The molecule has 1 aliphatic heterocycles. The molecule has 2 heterocycles. The summed E-state index contributed by atoms with van der Waals surface area (Å²) in [5, 5.41) is 2.87. The predicted octanol–water partition coefficient (Wildman–Crippen LogP) is 3.92. The third-order valence-electron chi connectivity index (χ3n) is 5.48. The first-order valence-corrected chi connectivity index (χ1v) is 12.9. The molecule has 3 amide bonds. The van der Waals surface area contributed by atoms with Crippen molar-refractivity contribution < 1.29 is 33.0 Å². The number of carbonyl (C=O) groups is 3. The summed E-state index contributed by atoms with van der Waals surface area (Å²) in [6, 6.07) is 1.56. The Hall–Kier alpha value is -3.71. The van der Waals surface area contributed by atoms with Gasteiger partial charge in [-0.05, 0) is 54.5 Å². The number of hydrogen-bond donors (Lipinski definition) is 3. The summed E-state index contributed by atoms with van der Waals surface area (Å²) in [5.41, 5.74) is 2.56. The van der Waals surface area contributed by atoms with Crippen molar-refractivity contribution in [3.63, 3.8) is 0 Å². The van der Waals surface area contributed by atoms with Gasteiger partial charge in [-0.15, -0.1) is 0 Å².